The zero-order valence-corrected chi connectivity index (χ0v) is 17.1. The summed E-state index contributed by atoms with van der Waals surface area (Å²) in [6.07, 6.45) is 3.58. The molecule has 2 aliphatic rings. The fourth-order valence-corrected chi connectivity index (χ4v) is 5.65. The number of carbonyl (C=O) groups is 2. The van der Waals surface area contributed by atoms with Gasteiger partial charge in [-0.2, -0.15) is 4.31 Å². The van der Waals surface area contributed by atoms with E-state index in [0.29, 0.717) is 25.3 Å². The van der Waals surface area contributed by atoms with Gasteiger partial charge in [0.2, 0.25) is 21.8 Å². The number of hydrogen-bond acceptors (Lipinski definition) is 5. The van der Waals surface area contributed by atoms with E-state index >= 15 is 0 Å². The van der Waals surface area contributed by atoms with E-state index in [-0.39, 0.29) is 29.0 Å². The molecule has 1 N–H and O–H groups in total. The van der Waals surface area contributed by atoms with Gasteiger partial charge in [-0.1, -0.05) is 13.3 Å². The van der Waals surface area contributed by atoms with Gasteiger partial charge in [0, 0.05) is 24.5 Å². The number of hydrogen-bond donors (Lipinski definition) is 1. The molecule has 0 aromatic heterocycles. The minimum Gasteiger partial charge on any atom is -0.355 e. The van der Waals surface area contributed by atoms with Crippen LogP contribution in [0.3, 0.4) is 0 Å². The topological polar surface area (TPSA) is 86.8 Å². The fraction of sp³-hybridized carbons (Fsp3) is 0.556. The maximum Gasteiger partial charge on any atom is 0.243 e. The first-order valence-corrected chi connectivity index (χ1v) is 11.7. The van der Waals surface area contributed by atoms with Gasteiger partial charge in [-0.25, -0.2) is 8.42 Å². The third-order valence-electron chi connectivity index (χ3n) is 4.73. The number of rotatable bonds is 7. The molecule has 0 atom stereocenters. The van der Waals surface area contributed by atoms with E-state index in [1.165, 1.54) is 27.0 Å². The number of sulfonamides is 1. The van der Waals surface area contributed by atoms with Gasteiger partial charge < -0.3 is 10.2 Å². The first-order chi connectivity index (χ1) is 12.9. The summed E-state index contributed by atoms with van der Waals surface area (Å²) in [6, 6.07) is 4.86. The van der Waals surface area contributed by atoms with Crippen molar-refractivity contribution in [3.05, 3.63) is 18.2 Å². The van der Waals surface area contributed by atoms with Crippen LogP contribution in [0.4, 0.5) is 5.69 Å². The number of unbranched alkanes of at least 4 members (excludes halogenated alkanes) is 1. The molecule has 2 heterocycles. The zero-order chi connectivity index (χ0) is 19.4. The number of amides is 2. The third kappa shape index (κ3) is 4.47. The molecular formula is C18H25N3O4S2. The van der Waals surface area contributed by atoms with Crippen LogP contribution >= 0.6 is 11.8 Å². The average molecular weight is 412 g/mol. The van der Waals surface area contributed by atoms with Crippen molar-refractivity contribution < 1.29 is 18.0 Å². The second-order valence-corrected chi connectivity index (χ2v) is 9.67. The number of carbonyl (C=O) groups excluding carboxylic acids is 2. The van der Waals surface area contributed by atoms with E-state index in [0.717, 1.165) is 30.6 Å². The minimum absolute atomic E-state index is 0.0939. The number of nitrogens with zero attached hydrogens (tertiary/aromatic N) is 2. The summed E-state index contributed by atoms with van der Waals surface area (Å²) >= 11 is 1.37. The molecule has 3 rings (SSSR count). The Morgan fingerprint density at radius 2 is 2.00 bits per heavy atom. The lowest BCUT2D eigenvalue weighted by molar-refractivity contribution is -0.123. The Bertz CT molecular complexity index is 820. The summed E-state index contributed by atoms with van der Waals surface area (Å²) in [7, 11) is -3.57. The number of thioether (sulfide) groups is 1. The Hall–Kier alpha value is -1.58. The predicted octanol–water partition coefficient (Wildman–Crippen LogP) is 1.83. The molecule has 2 aliphatic heterocycles. The van der Waals surface area contributed by atoms with Crippen molar-refractivity contribution in [2.24, 2.45) is 0 Å². The second kappa shape index (κ2) is 8.62. The number of anilines is 1. The van der Waals surface area contributed by atoms with E-state index in [4.69, 9.17) is 0 Å². The first kappa shape index (κ1) is 20.2. The van der Waals surface area contributed by atoms with Gasteiger partial charge in [-0.3, -0.25) is 9.59 Å². The van der Waals surface area contributed by atoms with E-state index in [9.17, 15) is 18.0 Å². The van der Waals surface area contributed by atoms with Crippen LogP contribution in [0.5, 0.6) is 0 Å². The fourth-order valence-electron chi connectivity index (χ4n) is 3.20. The Balaban J connectivity index is 1.84. The normalized spacial score (nSPS) is 17.8. The summed E-state index contributed by atoms with van der Waals surface area (Å²) < 4.78 is 27.2. The molecule has 148 valence electrons. The Morgan fingerprint density at radius 1 is 1.26 bits per heavy atom. The van der Waals surface area contributed by atoms with Crippen molar-refractivity contribution in [2.75, 3.05) is 36.8 Å². The molecule has 1 aromatic carbocycles. The van der Waals surface area contributed by atoms with E-state index in [1.807, 2.05) is 6.92 Å². The molecular weight excluding hydrogens is 386 g/mol. The molecule has 1 saturated heterocycles. The van der Waals surface area contributed by atoms with Gasteiger partial charge in [0.05, 0.1) is 16.3 Å². The summed E-state index contributed by atoms with van der Waals surface area (Å²) in [5.41, 5.74) is 0.502. The smallest absolute Gasteiger partial charge is 0.243 e. The van der Waals surface area contributed by atoms with Gasteiger partial charge >= 0.3 is 0 Å². The van der Waals surface area contributed by atoms with Crippen molar-refractivity contribution >= 4 is 39.3 Å². The Kier molecular flexibility index (Phi) is 6.44. The predicted molar refractivity (Wildman–Crippen MR) is 105 cm³/mol. The van der Waals surface area contributed by atoms with Crippen LogP contribution in [-0.2, 0) is 19.6 Å². The van der Waals surface area contributed by atoms with Crippen molar-refractivity contribution in [3.8, 4) is 0 Å². The first-order valence-electron chi connectivity index (χ1n) is 9.27. The van der Waals surface area contributed by atoms with E-state index < -0.39 is 10.0 Å². The standard InChI is InChI=1S/C18H25N3O4S2/c1-2-3-8-19-17(22)12-21-15-11-14(6-7-16(15)26-13-18(21)23)27(24,25)20-9-4-5-10-20/h6-7,11H,2-5,8-10,12-13H2,1H3,(H,19,22). The molecule has 0 aliphatic carbocycles. The van der Waals surface area contributed by atoms with E-state index in [2.05, 4.69) is 5.32 Å². The number of fused-ring (bicyclic) bond motifs is 1. The summed E-state index contributed by atoms with van der Waals surface area (Å²) in [5.74, 6) is -0.177. The molecule has 0 saturated carbocycles. The van der Waals surface area contributed by atoms with Gasteiger partial charge in [0.25, 0.3) is 0 Å². The molecule has 0 unspecified atom stereocenters. The zero-order valence-electron chi connectivity index (χ0n) is 15.4. The largest absolute Gasteiger partial charge is 0.355 e. The summed E-state index contributed by atoms with van der Waals surface area (Å²) in [5, 5.41) is 2.81. The summed E-state index contributed by atoms with van der Waals surface area (Å²) in [4.78, 5) is 27.0. The SMILES string of the molecule is CCCCNC(=O)CN1C(=O)CSc2ccc(S(=O)(=O)N3CCCC3)cc21. The highest BCUT2D eigenvalue weighted by atomic mass is 32.2. The highest BCUT2D eigenvalue weighted by Gasteiger charge is 2.31. The molecule has 2 amide bonds. The van der Waals surface area contributed by atoms with E-state index in [1.54, 1.807) is 12.1 Å². The van der Waals surface area contributed by atoms with Crippen molar-refractivity contribution in [2.45, 2.75) is 42.4 Å². The monoisotopic (exact) mass is 411 g/mol. The molecule has 27 heavy (non-hydrogen) atoms. The average Bonchev–Trinajstić information content (AvgIpc) is 3.19. The lowest BCUT2D eigenvalue weighted by atomic mass is 10.2. The molecule has 1 fully saturated rings. The summed E-state index contributed by atoms with van der Waals surface area (Å²) in [6.45, 7) is 3.56. The molecule has 9 heteroatoms. The Morgan fingerprint density at radius 3 is 2.70 bits per heavy atom. The highest BCUT2D eigenvalue weighted by molar-refractivity contribution is 8.00. The van der Waals surface area contributed by atoms with Crippen molar-refractivity contribution in [3.63, 3.8) is 0 Å². The van der Waals surface area contributed by atoms with Crippen LogP contribution in [0.15, 0.2) is 28.0 Å². The van der Waals surface area contributed by atoms with Crippen LogP contribution in [0, 0.1) is 0 Å². The molecule has 0 bridgehead atoms. The second-order valence-electron chi connectivity index (χ2n) is 6.71. The van der Waals surface area contributed by atoms with Gasteiger partial charge in [0.15, 0.2) is 0 Å². The van der Waals surface area contributed by atoms with Gasteiger partial charge in [0.1, 0.15) is 6.54 Å². The molecule has 0 radical (unpaired) electrons. The van der Waals surface area contributed by atoms with Crippen LogP contribution in [0.2, 0.25) is 0 Å². The van der Waals surface area contributed by atoms with Crippen LogP contribution < -0.4 is 10.2 Å². The lowest BCUT2D eigenvalue weighted by Crippen LogP contribution is -2.43. The van der Waals surface area contributed by atoms with Crippen LogP contribution in [-0.4, -0.2) is 56.5 Å². The number of nitrogens with one attached hydrogen (secondary N) is 1. The highest BCUT2D eigenvalue weighted by Crippen LogP contribution is 2.37. The van der Waals surface area contributed by atoms with Crippen molar-refractivity contribution in [1.29, 1.82) is 0 Å². The third-order valence-corrected chi connectivity index (χ3v) is 7.67. The maximum atomic E-state index is 12.8. The van der Waals surface area contributed by atoms with Gasteiger partial charge in [-0.15, -0.1) is 11.8 Å². The molecule has 0 spiro atoms. The van der Waals surface area contributed by atoms with Crippen molar-refractivity contribution in [1.82, 2.24) is 9.62 Å². The van der Waals surface area contributed by atoms with Gasteiger partial charge in [-0.05, 0) is 37.5 Å². The molecule has 7 nitrogen and oxygen atoms in total. The Labute approximate surface area is 164 Å². The maximum absolute atomic E-state index is 12.8. The quantitative estimate of drug-likeness (QED) is 0.692. The molecule has 1 aromatic rings. The lowest BCUT2D eigenvalue weighted by Gasteiger charge is -2.29. The van der Waals surface area contributed by atoms with Crippen LogP contribution in [0.1, 0.15) is 32.6 Å². The van der Waals surface area contributed by atoms with Crippen LogP contribution in [0.25, 0.3) is 0 Å². The minimum atomic E-state index is -3.57. The number of benzene rings is 1.